The molecule has 0 aromatic carbocycles. The first-order valence-electron chi connectivity index (χ1n) is 6.90. The van der Waals surface area contributed by atoms with E-state index in [4.69, 9.17) is 0 Å². The molecule has 18 heavy (non-hydrogen) atoms. The third kappa shape index (κ3) is 2.16. The summed E-state index contributed by atoms with van der Waals surface area (Å²) in [5.74, 6) is 0.0836. The maximum absolute atomic E-state index is 12.6. The van der Waals surface area contributed by atoms with Crippen LogP contribution in [0.4, 0.5) is 0 Å². The van der Waals surface area contributed by atoms with Gasteiger partial charge < -0.3 is 10.2 Å². The van der Waals surface area contributed by atoms with Gasteiger partial charge in [-0.25, -0.2) is 0 Å². The predicted octanol–water partition coefficient (Wildman–Crippen LogP) is 1.61. The summed E-state index contributed by atoms with van der Waals surface area (Å²) in [4.78, 5) is 26.3. The first kappa shape index (κ1) is 13.1. The van der Waals surface area contributed by atoms with Crippen molar-refractivity contribution < 1.29 is 9.59 Å². The Kier molecular flexibility index (Phi) is 3.73. The zero-order valence-electron chi connectivity index (χ0n) is 11.2. The molecule has 4 heteroatoms. The Hall–Kier alpha value is -1.32. The van der Waals surface area contributed by atoms with E-state index in [2.05, 4.69) is 17.5 Å². The minimum atomic E-state index is -0.670. The quantitative estimate of drug-likeness (QED) is 0.774. The van der Waals surface area contributed by atoms with E-state index in [1.807, 2.05) is 13.8 Å². The van der Waals surface area contributed by atoms with Crippen LogP contribution in [0.25, 0.3) is 0 Å². The fraction of sp³-hybridized carbons (Fsp3) is 0.714. The Balaban J connectivity index is 2.22. The van der Waals surface area contributed by atoms with Crippen molar-refractivity contribution in [3.8, 4) is 0 Å². The average Bonchev–Trinajstić information content (AvgIpc) is 2.42. The molecule has 1 unspecified atom stereocenters. The zero-order valence-corrected chi connectivity index (χ0v) is 11.2. The largest absolute Gasteiger partial charge is 0.340 e. The first-order chi connectivity index (χ1) is 8.63. The predicted molar refractivity (Wildman–Crippen MR) is 69.9 cm³/mol. The van der Waals surface area contributed by atoms with E-state index in [-0.39, 0.29) is 24.4 Å². The molecule has 1 atom stereocenters. The summed E-state index contributed by atoms with van der Waals surface area (Å²) in [7, 11) is 0. The third-order valence-electron chi connectivity index (χ3n) is 4.25. The van der Waals surface area contributed by atoms with Gasteiger partial charge >= 0.3 is 0 Å². The van der Waals surface area contributed by atoms with Gasteiger partial charge in [-0.05, 0) is 32.1 Å². The number of amides is 2. The van der Waals surface area contributed by atoms with Crippen LogP contribution in [-0.4, -0.2) is 34.8 Å². The molecular weight excluding hydrogens is 228 g/mol. The molecule has 2 aliphatic rings. The van der Waals surface area contributed by atoms with Gasteiger partial charge in [0.25, 0.3) is 0 Å². The van der Waals surface area contributed by atoms with E-state index < -0.39 is 5.54 Å². The van der Waals surface area contributed by atoms with E-state index in [0.29, 0.717) is 12.8 Å². The van der Waals surface area contributed by atoms with E-state index >= 15 is 0 Å². The molecule has 2 rings (SSSR count). The normalized spacial score (nSPS) is 27.2. The molecule has 0 bridgehead atoms. The molecule has 1 heterocycles. The van der Waals surface area contributed by atoms with Crippen LogP contribution in [0.5, 0.6) is 0 Å². The van der Waals surface area contributed by atoms with Crippen LogP contribution < -0.4 is 5.32 Å². The summed E-state index contributed by atoms with van der Waals surface area (Å²) in [6.45, 7) is 4.15. The molecule has 2 amide bonds. The topological polar surface area (TPSA) is 49.4 Å². The molecule has 0 aromatic heterocycles. The maximum atomic E-state index is 12.6. The number of carbonyl (C=O) groups excluding carboxylic acids is 2. The number of nitrogens with one attached hydrogen (secondary N) is 1. The van der Waals surface area contributed by atoms with Crippen molar-refractivity contribution in [3.05, 3.63) is 12.2 Å². The lowest BCUT2D eigenvalue weighted by atomic mass is 9.87. The summed E-state index contributed by atoms with van der Waals surface area (Å²) in [6, 6.07) is 0.200. The van der Waals surface area contributed by atoms with Crippen LogP contribution in [0.3, 0.4) is 0 Å². The standard InChI is InChI=1S/C14H22N2O2/c1-3-14(4-2)13(18)16(10-12(17)15-14)11-8-6-5-7-9-11/h5-6,11H,3-4,7-10H2,1-2H3,(H,15,17). The molecule has 0 spiro atoms. The Bertz CT molecular complexity index is 372. The van der Waals surface area contributed by atoms with Gasteiger partial charge in [0.05, 0.1) is 6.54 Å². The smallest absolute Gasteiger partial charge is 0.249 e. The lowest BCUT2D eigenvalue weighted by Crippen LogP contribution is -2.67. The van der Waals surface area contributed by atoms with Crippen LogP contribution in [-0.2, 0) is 9.59 Å². The highest BCUT2D eigenvalue weighted by atomic mass is 16.2. The van der Waals surface area contributed by atoms with Crippen LogP contribution in [0.1, 0.15) is 46.0 Å². The second-order valence-corrected chi connectivity index (χ2v) is 5.21. The Morgan fingerprint density at radius 2 is 2.06 bits per heavy atom. The van der Waals surface area contributed by atoms with E-state index in [9.17, 15) is 9.59 Å². The second-order valence-electron chi connectivity index (χ2n) is 5.21. The SMILES string of the molecule is CCC1(CC)NC(=O)CN(C2CC=CCC2)C1=O. The molecule has 4 nitrogen and oxygen atoms in total. The van der Waals surface area contributed by atoms with Gasteiger partial charge in [0.2, 0.25) is 11.8 Å². The number of piperazine rings is 1. The summed E-state index contributed by atoms with van der Waals surface area (Å²) in [6.07, 6.45) is 8.44. The molecule has 100 valence electrons. The van der Waals surface area contributed by atoms with Gasteiger partial charge in [-0.1, -0.05) is 26.0 Å². The number of nitrogens with zero attached hydrogens (tertiary/aromatic N) is 1. The van der Waals surface area contributed by atoms with Gasteiger partial charge in [-0.2, -0.15) is 0 Å². The van der Waals surface area contributed by atoms with Crippen LogP contribution in [0.2, 0.25) is 0 Å². The van der Waals surface area contributed by atoms with E-state index in [0.717, 1.165) is 19.3 Å². The Labute approximate surface area is 108 Å². The molecular formula is C14H22N2O2. The van der Waals surface area contributed by atoms with Crippen LogP contribution in [0.15, 0.2) is 12.2 Å². The molecule has 1 fully saturated rings. The molecule has 1 N–H and O–H groups in total. The Morgan fingerprint density at radius 1 is 1.33 bits per heavy atom. The Morgan fingerprint density at radius 3 is 2.61 bits per heavy atom. The summed E-state index contributed by atoms with van der Waals surface area (Å²) < 4.78 is 0. The molecule has 0 saturated carbocycles. The molecule has 1 aliphatic carbocycles. The summed E-state index contributed by atoms with van der Waals surface area (Å²) in [5, 5.41) is 2.90. The molecule has 1 aliphatic heterocycles. The van der Waals surface area contributed by atoms with Gasteiger partial charge in [-0.3, -0.25) is 9.59 Å². The van der Waals surface area contributed by atoms with Crippen molar-refractivity contribution in [2.75, 3.05) is 6.54 Å². The minimum Gasteiger partial charge on any atom is -0.340 e. The van der Waals surface area contributed by atoms with Gasteiger partial charge in [0, 0.05) is 6.04 Å². The highest BCUT2D eigenvalue weighted by molar-refractivity contribution is 5.98. The number of hydrogen-bond donors (Lipinski definition) is 1. The van der Waals surface area contributed by atoms with E-state index in [1.54, 1.807) is 4.90 Å². The van der Waals surface area contributed by atoms with Crippen molar-refractivity contribution in [2.24, 2.45) is 0 Å². The fourth-order valence-electron chi connectivity index (χ4n) is 2.95. The monoisotopic (exact) mass is 250 g/mol. The lowest BCUT2D eigenvalue weighted by molar-refractivity contribution is -0.153. The van der Waals surface area contributed by atoms with Crippen molar-refractivity contribution in [3.63, 3.8) is 0 Å². The van der Waals surface area contributed by atoms with E-state index in [1.165, 1.54) is 0 Å². The van der Waals surface area contributed by atoms with Crippen LogP contribution in [0, 0.1) is 0 Å². The average molecular weight is 250 g/mol. The van der Waals surface area contributed by atoms with Crippen molar-refractivity contribution in [1.82, 2.24) is 10.2 Å². The van der Waals surface area contributed by atoms with Crippen molar-refractivity contribution in [1.29, 1.82) is 0 Å². The maximum Gasteiger partial charge on any atom is 0.249 e. The highest BCUT2D eigenvalue weighted by Gasteiger charge is 2.45. The van der Waals surface area contributed by atoms with Crippen molar-refractivity contribution >= 4 is 11.8 Å². The zero-order chi connectivity index (χ0) is 13.2. The lowest BCUT2D eigenvalue weighted by Gasteiger charge is -2.44. The molecule has 0 aromatic rings. The minimum absolute atomic E-state index is 0.0205. The van der Waals surface area contributed by atoms with Crippen LogP contribution >= 0.6 is 0 Å². The third-order valence-corrected chi connectivity index (χ3v) is 4.25. The number of allylic oxidation sites excluding steroid dienone is 1. The second kappa shape index (κ2) is 5.12. The summed E-state index contributed by atoms with van der Waals surface area (Å²) >= 11 is 0. The van der Waals surface area contributed by atoms with Gasteiger partial charge in [0.15, 0.2) is 0 Å². The van der Waals surface area contributed by atoms with Gasteiger partial charge in [-0.15, -0.1) is 0 Å². The molecule has 0 radical (unpaired) electrons. The first-order valence-corrected chi connectivity index (χ1v) is 6.90. The number of rotatable bonds is 3. The van der Waals surface area contributed by atoms with Gasteiger partial charge in [0.1, 0.15) is 5.54 Å². The summed E-state index contributed by atoms with van der Waals surface area (Å²) in [5.41, 5.74) is -0.670. The number of carbonyl (C=O) groups is 2. The van der Waals surface area contributed by atoms with Crippen molar-refractivity contribution in [2.45, 2.75) is 57.5 Å². The molecule has 1 saturated heterocycles. The fourth-order valence-corrected chi connectivity index (χ4v) is 2.95. The highest BCUT2D eigenvalue weighted by Crippen LogP contribution is 2.27. The number of hydrogen-bond acceptors (Lipinski definition) is 2.